The minimum absolute atomic E-state index is 0.0274. The molecule has 0 unspecified atom stereocenters. The van der Waals surface area contributed by atoms with Crippen molar-refractivity contribution in [3.8, 4) is 0 Å². The van der Waals surface area contributed by atoms with Crippen molar-refractivity contribution in [3.05, 3.63) is 0 Å². The van der Waals surface area contributed by atoms with E-state index in [1.165, 1.54) is 0 Å². The molecular formula is C13H21NO4. The highest BCUT2D eigenvalue weighted by atomic mass is 16.5. The Balaban J connectivity index is 2.14. The number of esters is 1. The molecule has 0 spiro atoms. The van der Waals surface area contributed by atoms with Gasteiger partial charge in [0.25, 0.3) is 0 Å². The zero-order valence-electron chi connectivity index (χ0n) is 11.0. The number of amides is 1. The van der Waals surface area contributed by atoms with Crippen molar-refractivity contribution < 1.29 is 19.1 Å². The minimum atomic E-state index is -0.336. The summed E-state index contributed by atoms with van der Waals surface area (Å²) in [5.74, 6) is -0.251. The second kappa shape index (κ2) is 7.13. The highest BCUT2D eigenvalue weighted by Gasteiger charge is 2.24. The molecular weight excluding hydrogens is 234 g/mol. The summed E-state index contributed by atoms with van der Waals surface area (Å²) in [5.41, 5.74) is 0. The van der Waals surface area contributed by atoms with Gasteiger partial charge in [-0.2, -0.15) is 0 Å². The van der Waals surface area contributed by atoms with Gasteiger partial charge in [0.15, 0.2) is 5.78 Å². The SMILES string of the molecule is CC(C)CC(=O)OCC(=O)CC[C@H]1CCNC1=O. The summed E-state index contributed by atoms with van der Waals surface area (Å²) < 4.78 is 4.87. The van der Waals surface area contributed by atoms with Crippen LogP contribution in [-0.4, -0.2) is 30.8 Å². The van der Waals surface area contributed by atoms with Crippen LogP contribution in [0.4, 0.5) is 0 Å². The topological polar surface area (TPSA) is 72.5 Å². The number of Topliss-reactive ketones (excluding diaryl/α,β-unsaturated/α-hetero) is 1. The first kappa shape index (κ1) is 14.7. The Kier molecular flexibility index (Phi) is 5.82. The predicted molar refractivity (Wildman–Crippen MR) is 65.8 cm³/mol. The van der Waals surface area contributed by atoms with E-state index in [4.69, 9.17) is 4.74 Å². The van der Waals surface area contributed by atoms with Crippen LogP contribution in [0.2, 0.25) is 0 Å². The van der Waals surface area contributed by atoms with Crippen LogP contribution in [0.15, 0.2) is 0 Å². The number of carbonyl (C=O) groups excluding carboxylic acids is 3. The molecule has 0 aliphatic carbocycles. The van der Waals surface area contributed by atoms with Crippen LogP contribution in [0.5, 0.6) is 0 Å². The van der Waals surface area contributed by atoms with E-state index in [9.17, 15) is 14.4 Å². The zero-order chi connectivity index (χ0) is 13.5. The zero-order valence-corrected chi connectivity index (χ0v) is 11.0. The molecule has 5 nitrogen and oxygen atoms in total. The molecule has 0 aromatic rings. The third kappa shape index (κ3) is 5.29. The molecule has 1 aliphatic heterocycles. The maximum absolute atomic E-state index is 11.5. The van der Waals surface area contributed by atoms with Gasteiger partial charge >= 0.3 is 5.97 Å². The second-order valence-corrected chi connectivity index (χ2v) is 5.11. The second-order valence-electron chi connectivity index (χ2n) is 5.11. The van der Waals surface area contributed by atoms with Crippen molar-refractivity contribution in [3.63, 3.8) is 0 Å². The van der Waals surface area contributed by atoms with Crippen molar-refractivity contribution in [1.29, 1.82) is 0 Å². The van der Waals surface area contributed by atoms with Crippen LogP contribution in [0.25, 0.3) is 0 Å². The summed E-state index contributed by atoms with van der Waals surface area (Å²) in [6, 6.07) is 0. The van der Waals surface area contributed by atoms with Crippen molar-refractivity contribution in [1.82, 2.24) is 5.32 Å². The van der Waals surface area contributed by atoms with Crippen molar-refractivity contribution in [2.24, 2.45) is 11.8 Å². The average Bonchev–Trinajstić information content (AvgIpc) is 2.68. The van der Waals surface area contributed by atoms with Crippen molar-refractivity contribution in [2.45, 2.75) is 39.5 Å². The Morgan fingerprint density at radius 3 is 2.72 bits per heavy atom. The molecule has 1 aliphatic rings. The van der Waals surface area contributed by atoms with E-state index in [1.54, 1.807) is 0 Å². The van der Waals surface area contributed by atoms with Crippen molar-refractivity contribution >= 4 is 17.7 Å². The van der Waals surface area contributed by atoms with Gasteiger partial charge in [-0.3, -0.25) is 14.4 Å². The van der Waals surface area contributed by atoms with E-state index in [0.717, 1.165) is 6.42 Å². The molecule has 5 heteroatoms. The van der Waals surface area contributed by atoms with Gasteiger partial charge in [0.1, 0.15) is 6.61 Å². The van der Waals surface area contributed by atoms with E-state index in [0.29, 0.717) is 25.8 Å². The maximum Gasteiger partial charge on any atom is 0.306 e. The van der Waals surface area contributed by atoms with Gasteiger partial charge in [-0.25, -0.2) is 0 Å². The molecule has 1 amide bonds. The first-order valence-corrected chi connectivity index (χ1v) is 6.44. The van der Waals surface area contributed by atoms with E-state index in [2.05, 4.69) is 5.32 Å². The van der Waals surface area contributed by atoms with Gasteiger partial charge in [-0.15, -0.1) is 0 Å². The summed E-state index contributed by atoms with van der Waals surface area (Å²) in [6.07, 6.45) is 1.97. The molecule has 102 valence electrons. The molecule has 1 atom stereocenters. The fraction of sp³-hybridized carbons (Fsp3) is 0.769. The van der Waals surface area contributed by atoms with Gasteiger partial charge in [-0.1, -0.05) is 13.8 Å². The lowest BCUT2D eigenvalue weighted by Gasteiger charge is -2.07. The Morgan fingerprint density at radius 2 is 2.17 bits per heavy atom. The summed E-state index contributed by atoms with van der Waals surface area (Å²) >= 11 is 0. The number of rotatable bonds is 7. The van der Waals surface area contributed by atoms with Crippen LogP contribution in [0, 0.1) is 11.8 Å². The normalized spacial score (nSPS) is 18.8. The predicted octanol–water partition coefficient (Wildman–Crippen LogP) is 1.06. The number of nitrogens with one attached hydrogen (secondary N) is 1. The number of carbonyl (C=O) groups is 3. The fourth-order valence-corrected chi connectivity index (χ4v) is 1.88. The Hall–Kier alpha value is -1.39. The van der Waals surface area contributed by atoms with Gasteiger partial charge in [0, 0.05) is 25.3 Å². The molecule has 1 fully saturated rings. The van der Waals surface area contributed by atoms with Gasteiger partial charge in [-0.05, 0) is 18.8 Å². The summed E-state index contributed by atoms with van der Waals surface area (Å²) in [6.45, 7) is 4.37. The highest BCUT2D eigenvalue weighted by Crippen LogP contribution is 2.15. The van der Waals surface area contributed by atoms with E-state index in [-0.39, 0.29) is 36.1 Å². The lowest BCUT2D eigenvalue weighted by molar-refractivity contribution is -0.148. The van der Waals surface area contributed by atoms with Gasteiger partial charge in [0.2, 0.25) is 5.91 Å². The Bertz CT molecular complexity index is 325. The van der Waals surface area contributed by atoms with E-state index >= 15 is 0 Å². The van der Waals surface area contributed by atoms with Gasteiger partial charge in [0.05, 0.1) is 0 Å². The number of hydrogen-bond donors (Lipinski definition) is 1. The first-order chi connectivity index (χ1) is 8.49. The standard InChI is InChI=1S/C13H21NO4/c1-9(2)7-12(16)18-8-11(15)4-3-10-5-6-14-13(10)17/h9-10H,3-8H2,1-2H3,(H,14,17)/t10-/m0/s1. The van der Waals surface area contributed by atoms with E-state index < -0.39 is 0 Å². The number of hydrogen-bond acceptors (Lipinski definition) is 4. The third-order valence-corrected chi connectivity index (χ3v) is 2.90. The molecule has 0 saturated carbocycles. The van der Waals surface area contributed by atoms with Crippen molar-refractivity contribution in [2.75, 3.05) is 13.2 Å². The Labute approximate surface area is 107 Å². The fourth-order valence-electron chi connectivity index (χ4n) is 1.88. The minimum Gasteiger partial charge on any atom is -0.458 e. The first-order valence-electron chi connectivity index (χ1n) is 6.44. The van der Waals surface area contributed by atoms with Crippen LogP contribution >= 0.6 is 0 Å². The van der Waals surface area contributed by atoms with Crippen LogP contribution < -0.4 is 5.32 Å². The molecule has 1 heterocycles. The summed E-state index contributed by atoms with van der Waals surface area (Å²) in [5, 5.41) is 2.73. The maximum atomic E-state index is 11.5. The molecule has 0 bridgehead atoms. The lowest BCUT2D eigenvalue weighted by atomic mass is 10.0. The van der Waals surface area contributed by atoms with Crippen LogP contribution in [0.1, 0.15) is 39.5 Å². The number of ether oxygens (including phenoxy) is 1. The highest BCUT2D eigenvalue weighted by molar-refractivity contribution is 5.84. The molecule has 0 aromatic heterocycles. The average molecular weight is 255 g/mol. The monoisotopic (exact) mass is 255 g/mol. The third-order valence-electron chi connectivity index (χ3n) is 2.90. The molecule has 1 rings (SSSR count). The Morgan fingerprint density at radius 1 is 1.44 bits per heavy atom. The van der Waals surface area contributed by atoms with Crippen LogP contribution in [-0.2, 0) is 19.1 Å². The summed E-state index contributed by atoms with van der Waals surface area (Å²) in [4.78, 5) is 34.0. The van der Waals surface area contributed by atoms with E-state index in [1.807, 2.05) is 13.8 Å². The number of ketones is 1. The molecule has 0 radical (unpaired) electrons. The molecule has 1 saturated heterocycles. The summed E-state index contributed by atoms with van der Waals surface area (Å²) in [7, 11) is 0. The largest absolute Gasteiger partial charge is 0.458 e. The lowest BCUT2D eigenvalue weighted by Crippen LogP contribution is -2.20. The molecule has 1 N–H and O–H groups in total. The smallest absolute Gasteiger partial charge is 0.306 e. The van der Waals surface area contributed by atoms with Gasteiger partial charge < -0.3 is 10.1 Å². The molecule has 18 heavy (non-hydrogen) atoms. The quantitative estimate of drug-likeness (QED) is 0.690. The van der Waals surface area contributed by atoms with Crippen LogP contribution in [0.3, 0.4) is 0 Å². The molecule has 0 aromatic carbocycles.